The zero-order valence-electron chi connectivity index (χ0n) is 15.7. The molecule has 0 fully saturated rings. The number of ether oxygens (including phenoxy) is 1. The third kappa shape index (κ3) is 3.00. The Kier molecular flexibility index (Phi) is 3.86. The molecule has 7 nitrogen and oxygen atoms in total. The summed E-state index contributed by atoms with van der Waals surface area (Å²) in [7, 11) is 1.70. The second kappa shape index (κ2) is 6.53. The zero-order chi connectivity index (χ0) is 19.1. The zero-order valence-corrected chi connectivity index (χ0v) is 15.7. The summed E-state index contributed by atoms with van der Waals surface area (Å²) >= 11 is 0. The van der Waals surface area contributed by atoms with E-state index < -0.39 is 0 Å². The van der Waals surface area contributed by atoms with Gasteiger partial charge in [0.25, 0.3) is 0 Å². The van der Waals surface area contributed by atoms with Crippen LogP contribution in [0.15, 0.2) is 48.7 Å². The minimum Gasteiger partial charge on any atom is -0.497 e. The third-order valence-corrected chi connectivity index (χ3v) is 5.00. The molecule has 28 heavy (non-hydrogen) atoms. The molecule has 2 aromatic heterocycles. The highest BCUT2D eigenvalue weighted by Gasteiger charge is 2.21. The number of rotatable bonds is 4. The molecule has 2 N–H and O–H groups in total. The van der Waals surface area contributed by atoms with Crippen LogP contribution in [0, 0.1) is 6.92 Å². The van der Waals surface area contributed by atoms with Crippen molar-refractivity contribution in [3.63, 3.8) is 0 Å². The number of methoxy groups -OCH3 is 1. The summed E-state index contributed by atoms with van der Waals surface area (Å²) in [5.41, 5.74) is 4.55. The van der Waals surface area contributed by atoms with Crippen molar-refractivity contribution in [2.45, 2.75) is 20.0 Å². The summed E-state index contributed by atoms with van der Waals surface area (Å²) in [6.07, 6.45) is 1.81. The average Bonchev–Trinajstić information content (AvgIpc) is 3.33. The molecule has 5 rings (SSSR count). The molecule has 4 aromatic rings. The number of aromatic nitrogens is 4. The van der Waals surface area contributed by atoms with E-state index in [4.69, 9.17) is 4.74 Å². The van der Waals surface area contributed by atoms with Crippen LogP contribution in [0.3, 0.4) is 0 Å². The number of benzene rings is 2. The topological polar surface area (TPSA) is 79.0 Å². The highest BCUT2D eigenvalue weighted by molar-refractivity contribution is 5.82. The van der Waals surface area contributed by atoms with Crippen molar-refractivity contribution in [3.8, 4) is 5.75 Å². The van der Waals surface area contributed by atoms with Crippen molar-refractivity contribution < 1.29 is 4.74 Å². The Hall–Kier alpha value is -3.61. The van der Waals surface area contributed by atoms with Crippen LogP contribution in [0.4, 0.5) is 17.3 Å². The number of fused-ring (bicyclic) bond motifs is 2. The predicted molar refractivity (Wildman–Crippen MR) is 109 cm³/mol. The van der Waals surface area contributed by atoms with Gasteiger partial charge in [-0.2, -0.15) is 5.10 Å². The SMILES string of the molecule is COc1ccc2c(c1)CN(c1cc(Nc3ccc4[nH]ncc4c3)nc(C)n1)C2. The van der Waals surface area contributed by atoms with E-state index >= 15 is 0 Å². The van der Waals surface area contributed by atoms with Gasteiger partial charge < -0.3 is 15.0 Å². The Morgan fingerprint density at radius 3 is 2.82 bits per heavy atom. The molecule has 140 valence electrons. The highest BCUT2D eigenvalue weighted by atomic mass is 16.5. The molecule has 0 unspecified atom stereocenters. The fourth-order valence-electron chi connectivity index (χ4n) is 3.61. The number of aryl methyl sites for hydroxylation is 1. The Bertz CT molecular complexity index is 1170. The standard InChI is InChI=1S/C21H20N6O/c1-13-23-20(25-17-4-6-19-15(7-17)10-22-26-19)9-21(24-13)27-11-14-3-5-18(28-2)8-16(14)12-27/h3-10H,11-12H2,1-2H3,(H,22,26)(H,23,24,25). The van der Waals surface area contributed by atoms with Crippen LogP contribution in [0.25, 0.3) is 10.9 Å². The molecule has 0 saturated heterocycles. The minimum absolute atomic E-state index is 0.734. The maximum absolute atomic E-state index is 5.35. The number of hydrogen-bond donors (Lipinski definition) is 2. The predicted octanol–water partition coefficient (Wildman–Crippen LogP) is 3.93. The molecule has 0 amide bonds. The number of aromatic amines is 1. The second-order valence-corrected chi connectivity index (χ2v) is 6.95. The van der Waals surface area contributed by atoms with Gasteiger partial charge in [0.2, 0.25) is 0 Å². The van der Waals surface area contributed by atoms with Crippen LogP contribution in [0.1, 0.15) is 17.0 Å². The van der Waals surface area contributed by atoms with Gasteiger partial charge in [-0.25, -0.2) is 9.97 Å². The van der Waals surface area contributed by atoms with Gasteiger partial charge >= 0.3 is 0 Å². The van der Waals surface area contributed by atoms with E-state index in [9.17, 15) is 0 Å². The molecule has 2 aromatic carbocycles. The molecule has 0 radical (unpaired) electrons. The molecule has 0 bridgehead atoms. The first-order valence-corrected chi connectivity index (χ1v) is 9.14. The highest BCUT2D eigenvalue weighted by Crippen LogP contribution is 2.31. The van der Waals surface area contributed by atoms with Gasteiger partial charge in [0.15, 0.2) is 0 Å². The van der Waals surface area contributed by atoms with E-state index in [1.165, 1.54) is 11.1 Å². The van der Waals surface area contributed by atoms with Crippen molar-refractivity contribution in [2.75, 3.05) is 17.3 Å². The van der Waals surface area contributed by atoms with Gasteiger partial charge in [-0.1, -0.05) is 6.07 Å². The van der Waals surface area contributed by atoms with Gasteiger partial charge in [-0.3, -0.25) is 5.10 Å². The maximum atomic E-state index is 5.35. The molecule has 0 aliphatic carbocycles. The quantitative estimate of drug-likeness (QED) is 0.565. The van der Waals surface area contributed by atoms with E-state index in [1.807, 2.05) is 43.5 Å². The summed E-state index contributed by atoms with van der Waals surface area (Å²) in [4.78, 5) is 11.5. The lowest BCUT2D eigenvalue weighted by Gasteiger charge is -2.18. The minimum atomic E-state index is 0.734. The van der Waals surface area contributed by atoms with Gasteiger partial charge in [-0.05, 0) is 48.4 Å². The normalized spacial score (nSPS) is 13.0. The van der Waals surface area contributed by atoms with E-state index in [2.05, 4.69) is 42.5 Å². The molecule has 0 atom stereocenters. The lowest BCUT2D eigenvalue weighted by Crippen LogP contribution is -2.17. The van der Waals surface area contributed by atoms with Crippen molar-refractivity contribution in [1.29, 1.82) is 0 Å². The van der Waals surface area contributed by atoms with Crippen LogP contribution in [-0.2, 0) is 13.1 Å². The Morgan fingerprint density at radius 1 is 1.04 bits per heavy atom. The lowest BCUT2D eigenvalue weighted by molar-refractivity contribution is 0.414. The molecular weight excluding hydrogens is 352 g/mol. The van der Waals surface area contributed by atoms with E-state index in [-0.39, 0.29) is 0 Å². The number of nitrogens with one attached hydrogen (secondary N) is 2. The van der Waals surface area contributed by atoms with Gasteiger partial charge in [0.1, 0.15) is 23.2 Å². The van der Waals surface area contributed by atoms with E-state index in [0.717, 1.165) is 52.9 Å². The van der Waals surface area contributed by atoms with Gasteiger partial charge in [0.05, 0.1) is 18.8 Å². The maximum Gasteiger partial charge on any atom is 0.136 e. The molecule has 1 aliphatic heterocycles. The number of hydrogen-bond acceptors (Lipinski definition) is 6. The van der Waals surface area contributed by atoms with Crippen molar-refractivity contribution in [1.82, 2.24) is 20.2 Å². The summed E-state index contributed by atoms with van der Waals surface area (Å²) in [5.74, 6) is 3.31. The summed E-state index contributed by atoms with van der Waals surface area (Å²) in [5, 5.41) is 11.5. The Balaban J connectivity index is 1.41. The molecule has 0 saturated carbocycles. The molecule has 1 aliphatic rings. The first-order valence-electron chi connectivity index (χ1n) is 9.14. The monoisotopic (exact) mass is 372 g/mol. The fraction of sp³-hybridized carbons (Fsp3) is 0.190. The number of H-pyrrole nitrogens is 1. The summed E-state index contributed by atoms with van der Waals surface area (Å²) in [6, 6.07) is 14.3. The summed E-state index contributed by atoms with van der Waals surface area (Å²) < 4.78 is 5.35. The first kappa shape index (κ1) is 16.6. The Morgan fingerprint density at radius 2 is 1.93 bits per heavy atom. The second-order valence-electron chi connectivity index (χ2n) is 6.95. The summed E-state index contributed by atoms with van der Waals surface area (Å²) in [6.45, 7) is 3.56. The lowest BCUT2D eigenvalue weighted by atomic mass is 10.1. The molecular formula is C21H20N6O. The van der Waals surface area contributed by atoms with E-state index in [1.54, 1.807) is 7.11 Å². The first-order chi connectivity index (χ1) is 13.7. The van der Waals surface area contributed by atoms with Gasteiger partial charge in [0, 0.05) is 30.2 Å². The van der Waals surface area contributed by atoms with Crippen LogP contribution < -0.4 is 15.0 Å². The van der Waals surface area contributed by atoms with Crippen LogP contribution in [-0.4, -0.2) is 27.3 Å². The third-order valence-electron chi connectivity index (χ3n) is 5.00. The van der Waals surface area contributed by atoms with Crippen molar-refractivity contribution >= 4 is 28.2 Å². The number of anilines is 3. The van der Waals surface area contributed by atoms with Crippen molar-refractivity contribution in [2.24, 2.45) is 0 Å². The fourth-order valence-corrected chi connectivity index (χ4v) is 3.61. The van der Waals surface area contributed by atoms with Crippen LogP contribution in [0.2, 0.25) is 0 Å². The van der Waals surface area contributed by atoms with Crippen LogP contribution in [0.5, 0.6) is 5.75 Å². The largest absolute Gasteiger partial charge is 0.497 e. The van der Waals surface area contributed by atoms with E-state index in [0.29, 0.717) is 0 Å². The number of nitrogens with zero attached hydrogens (tertiary/aromatic N) is 4. The van der Waals surface area contributed by atoms with Gasteiger partial charge in [-0.15, -0.1) is 0 Å². The smallest absolute Gasteiger partial charge is 0.136 e. The molecule has 7 heteroatoms. The van der Waals surface area contributed by atoms with Crippen molar-refractivity contribution in [3.05, 3.63) is 65.6 Å². The molecule has 0 spiro atoms. The average molecular weight is 372 g/mol. The van der Waals surface area contributed by atoms with Crippen LogP contribution >= 0.6 is 0 Å². The molecule has 3 heterocycles. The Labute approximate surface area is 162 Å².